The number of anilines is 1. The third-order valence-corrected chi connectivity index (χ3v) is 4.46. The Morgan fingerprint density at radius 2 is 2.04 bits per heavy atom. The first-order valence-corrected chi connectivity index (χ1v) is 8.40. The highest BCUT2D eigenvalue weighted by Crippen LogP contribution is 2.35. The molecule has 1 aliphatic carbocycles. The van der Waals surface area contributed by atoms with E-state index in [4.69, 9.17) is 0 Å². The molecule has 2 N–H and O–H groups in total. The predicted molar refractivity (Wildman–Crippen MR) is 93.6 cm³/mol. The molecular formula is C19H23N3O2. The highest BCUT2D eigenvalue weighted by Gasteiger charge is 2.28. The van der Waals surface area contributed by atoms with Crippen LogP contribution in [0.3, 0.4) is 0 Å². The lowest BCUT2D eigenvalue weighted by molar-refractivity contribution is -0.118. The molecule has 1 aromatic carbocycles. The van der Waals surface area contributed by atoms with Crippen molar-refractivity contribution in [1.29, 1.82) is 0 Å². The number of amides is 1. The van der Waals surface area contributed by atoms with Gasteiger partial charge in [0.05, 0.1) is 6.54 Å². The van der Waals surface area contributed by atoms with Crippen molar-refractivity contribution in [2.24, 2.45) is 0 Å². The molecule has 0 saturated carbocycles. The van der Waals surface area contributed by atoms with Gasteiger partial charge in [-0.3, -0.25) is 14.7 Å². The van der Waals surface area contributed by atoms with Gasteiger partial charge in [0.15, 0.2) is 0 Å². The molecule has 1 aromatic heterocycles. The number of carbonyl (C=O) groups is 1. The fourth-order valence-electron chi connectivity index (χ4n) is 3.35. The third kappa shape index (κ3) is 3.99. The Kier molecular flexibility index (Phi) is 5.56. The molecule has 0 fully saturated rings. The van der Waals surface area contributed by atoms with Crippen molar-refractivity contribution >= 4 is 11.6 Å². The number of nitrogens with one attached hydrogen (secondary N) is 1. The molecule has 0 saturated heterocycles. The first-order chi connectivity index (χ1) is 11.8. The number of carbonyl (C=O) groups excluding carboxylic acids is 1. The summed E-state index contributed by atoms with van der Waals surface area (Å²) in [4.78, 5) is 18.6. The number of fused-ring (bicyclic) bond motifs is 1. The smallest absolute Gasteiger partial charge is 0.238 e. The number of rotatable bonds is 7. The average molecular weight is 325 g/mol. The van der Waals surface area contributed by atoms with Crippen LogP contribution < -0.4 is 5.32 Å². The Bertz CT molecular complexity index is 675. The van der Waals surface area contributed by atoms with E-state index < -0.39 is 0 Å². The summed E-state index contributed by atoms with van der Waals surface area (Å²) >= 11 is 0. The summed E-state index contributed by atoms with van der Waals surface area (Å²) in [5, 5.41) is 12.1. The summed E-state index contributed by atoms with van der Waals surface area (Å²) in [5.41, 5.74) is 3.43. The van der Waals surface area contributed by atoms with E-state index in [-0.39, 0.29) is 18.6 Å². The molecule has 0 spiro atoms. The fourth-order valence-corrected chi connectivity index (χ4v) is 3.35. The Morgan fingerprint density at radius 1 is 1.25 bits per heavy atom. The van der Waals surface area contributed by atoms with Crippen molar-refractivity contribution in [2.45, 2.75) is 25.3 Å². The molecule has 1 atom stereocenters. The van der Waals surface area contributed by atoms with Gasteiger partial charge < -0.3 is 10.4 Å². The van der Waals surface area contributed by atoms with Gasteiger partial charge in [-0.05, 0) is 42.5 Å². The standard InChI is InChI=1S/C19H23N3O2/c23-13-3-12-22(14-19(24)21-16-8-10-20-11-9-16)18-7-6-15-4-1-2-5-17(15)18/h1-2,4-5,8-11,18,23H,3,6-7,12-14H2,(H,20,21,24). The molecule has 0 bridgehead atoms. The second kappa shape index (κ2) is 8.04. The number of benzene rings is 1. The zero-order valence-corrected chi connectivity index (χ0v) is 13.7. The summed E-state index contributed by atoms with van der Waals surface area (Å²) in [5.74, 6) is -0.0384. The van der Waals surface area contributed by atoms with Crippen LogP contribution in [0.2, 0.25) is 0 Å². The van der Waals surface area contributed by atoms with Crippen LogP contribution in [-0.2, 0) is 11.2 Å². The topological polar surface area (TPSA) is 65.5 Å². The number of aliphatic hydroxyl groups is 1. The van der Waals surface area contributed by atoms with Gasteiger partial charge in [-0.2, -0.15) is 0 Å². The SMILES string of the molecule is O=C(CN(CCCO)C1CCc2ccccc21)Nc1ccncc1. The molecule has 0 radical (unpaired) electrons. The van der Waals surface area contributed by atoms with E-state index in [1.165, 1.54) is 11.1 Å². The number of nitrogens with zero attached hydrogens (tertiary/aromatic N) is 2. The number of hydrogen-bond donors (Lipinski definition) is 2. The maximum absolute atomic E-state index is 12.4. The normalized spacial score (nSPS) is 16.2. The second-order valence-electron chi connectivity index (χ2n) is 6.08. The van der Waals surface area contributed by atoms with Crippen molar-refractivity contribution in [3.05, 3.63) is 59.9 Å². The van der Waals surface area contributed by atoms with Crippen LogP contribution in [0.15, 0.2) is 48.8 Å². The number of hydrogen-bond acceptors (Lipinski definition) is 4. The van der Waals surface area contributed by atoms with E-state index in [0.29, 0.717) is 19.5 Å². The minimum absolute atomic E-state index is 0.0384. The summed E-state index contributed by atoms with van der Waals surface area (Å²) in [6.45, 7) is 1.16. The molecule has 1 aliphatic rings. The van der Waals surface area contributed by atoms with E-state index in [2.05, 4.69) is 39.5 Å². The largest absolute Gasteiger partial charge is 0.396 e. The number of aliphatic hydroxyl groups excluding tert-OH is 1. The van der Waals surface area contributed by atoms with Crippen LogP contribution in [0.5, 0.6) is 0 Å². The summed E-state index contributed by atoms with van der Waals surface area (Å²) in [7, 11) is 0. The monoisotopic (exact) mass is 325 g/mol. The molecule has 5 nitrogen and oxygen atoms in total. The van der Waals surface area contributed by atoms with Crippen LogP contribution in [0.1, 0.15) is 30.0 Å². The van der Waals surface area contributed by atoms with Crippen molar-refractivity contribution < 1.29 is 9.90 Å². The predicted octanol–water partition coefficient (Wildman–Crippen LogP) is 2.39. The summed E-state index contributed by atoms with van der Waals surface area (Å²) in [6.07, 6.45) is 6.05. The van der Waals surface area contributed by atoms with Gasteiger partial charge >= 0.3 is 0 Å². The zero-order chi connectivity index (χ0) is 16.8. The lowest BCUT2D eigenvalue weighted by atomic mass is 10.1. The van der Waals surface area contributed by atoms with E-state index in [1.54, 1.807) is 24.5 Å². The van der Waals surface area contributed by atoms with Crippen LogP contribution in [-0.4, -0.2) is 40.6 Å². The first-order valence-electron chi connectivity index (χ1n) is 8.40. The van der Waals surface area contributed by atoms with Gasteiger partial charge in [-0.25, -0.2) is 0 Å². The lowest BCUT2D eigenvalue weighted by Crippen LogP contribution is -2.36. The van der Waals surface area contributed by atoms with Crippen molar-refractivity contribution in [1.82, 2.24) is 9.88 Å². The molecule has 0 aliphatic heterocycles. The van der Waals surface area contributed by atoms with E-state index in [9.17, 15) is 9.90 Å². The molecule has 2 aromatic rings. The van der Waals surface area contributed by atoms with Gasteiger partial charge in [-0.15, -0.1) is 0 Å². The minimum atomic E-state index is -0.0384. The van der Waals surface area contributed by atoms with E-state index >= 15 is 0 Å². The Labute approximate surface area is 142 Å². The van der Waals surface area contributed by atoms with Crippen LogP contribution in [0.4, 0.5) is 5.69 Å². The molecular weight excluding hydrogens is 302 g/mol. The van der Waals surface area contributed by atoms with Crippen molar-refractivity contribution in [3.8, 4) is 0 Å². The van der Waals surface area contributed by atoms with Crippen molar-refractivity contribution in [2.75, 3.05) is 25.0 Å². The number of aryl methyl sites for hydroxylation is 1. The van der Waals surface area contributed by atoms with E-state index in [1.807, 2.05) is 0 Å². The highest BCUT2D eigenvalue weighted by atomic mass is 16.3. The molecule has 1 heterocycles. The molecule has 3 rings (SSSR count). The van der Waals surface area contributed by atoms with Crippen LogP contribution >= 0.6 is 0 Å². The van der Waals surface area contributed by atoms with E-state index in [0.717, 1.165) is 18.5 Å². The average Bonchev–Trinajstić information content (AvgIpc) is 3.03. The van der Waals surface area contributed by atoms with Crippen molar-refractivity contribution in [3.63, 3.8) is 0 Å². The molecule has 24 heavy (non-hydrogen) atoms. The maximum Gasteiger partial charge on any atom is 0.238 e. The van der Waals surface area contributed by atoms with Crippen LogP contribution in [0.25, 0.3) is 0 Å². The highest BCUT2D eigenvalue weighted by molar-refractivity contribution is 5.92. The lowest BCUT2D eigenvalue weighted by Gasteiger charge is -2.29. The molecule has 1 amide bonds. The second-order valence-corrected chi connectivity index (χ2v) is 6.08. The minimum Gasteiger partial charge on any atom is -0.396 e. The van der Waals surface area contributed by atoms with Crippen LogP contribution in [0, 0.1) is 0 Å². The van der Waals surface area contributed by atoms with Gasteiger partial charge in [-0.1, -0.05) is 24.3 Å². The Balaban J connectivity index is 1.69. The number of pyridine rings is 1. The quantitative estimate of drug-likeness (QED) is 0.820. The van der Waals surface area contributed by atoms with Gasteiger partial charge in [0.2, 0.25) is 5.91 Å². The molecule has 1 unspecified atom stereocenters. The van der Waals surface area contributed by atoms with Gasteiger partial charge in [0.1, 0.15) is 0 Å². The summed E-state index contributed by atoms with van der Waals surface area (Å²) in [6, 6.07) is 12.2. The Hall–Kier alpha value is -2.24. The zero-order valence-electron chi connectivity index (χ0n) is 13.7. The fraction of sp³-hybridized carbons (Fsp3) is 0.368. The molecule has 5 heteroatoms. The summed E-state index contributed by atoms with van der Waals surface area (Å²) < 4.78 is 0. The van der Waals surface area contributed by atoms with Gasteiger partial charge in [0, 0.05) is 37.3 Å². The number of aromatic nitrogens is 1. The Morgan fingerprint density at radius 3 is 2.83 bits per heavy atom. The van der Waals surface area contributed by atoms with Gasteiger partial charge in [0.25, 0.3) is 0 Å². The first kappa shape index (κ1) is 16.6. The molecule has 126 valence electrons. The third-order valence-electron chi connectivity index (χ3n) is 4.46. The maximum atomic E-state index is 12.4.